The zero-order valence-electron chi connectivity index (χ0n) is 13.6. The van der Waals surface area contributed by atoms with Crippen LogP contribution in [-0.2, 0) is 10.8 Å². The van der Waals surface area contributed by atoms with Crippen LogP contribution >= 0.6 is 0 Å². The van der Waals surface area contributed by atoms with Crippen molar-refractivity contribution in [2.75, 3.05) is 11.1 Å². The Labute approximate surface area is 139 Å². The van der Waals surface area contributed by atoms with Crippen molar-refractivity contribution in [2.45, 2.75) is 50.8 Å². The van der Waals surface area contributed by atoms with Gasteiger partial charge in [-0.2, -0.15) is 4.68 Å². The molecule has 1 heterocycles. The molecule has 3 rings (SSSR count). The number of rotatable bonds is 5. The van der Waals surface area contributed by atoms with E-state index in [1.54, 1.807) is 4.68 Å². The van der Waals surface area contributed by atoms with E-state index in [9.17, 15) is 4.21 Å². The van der Waals surface area contributed by atoms with Gasteiger partial charge in [-0.15, -0.1) is 0 Å². The lowest BCUT2D eigenvalue weighted by Crippen LogP contribution is -2.33. The lowest BCUT2D eigenvalue weighted by atomic mass is 9.95. The van der Waals surface area contributed by atoms with Crippen LogP contribution in [0.15, 0.2) is 24.3 Å². The summed E-state index contributed by atoms with van der Waals surface area (Å²) in [5.41, 5.74) is 2.14. The molecule has 1 aromatic heterocycles. The van der Waals surface area contributed by atoms with Gasteiger partial charge in [-0.05, 0) is 48.7 Å². The molecule has 0 bridgehead atoms. The molecule has 1 aliphatic carbocycles. The SMILES string of the molecule is CCS(=O)C1CCCC(Nc2nnnn2-c2ccc(C)cc2)C1. The molecular weight excluding hydrogens is 310 g/mol. The number of aryl methyl sites for hydroxylation is 1. The fourth-order valence-corrected chi connectivity index (χ4v) is 4.42. The maximum Gasteiger partial charge on any atom is 0.247 e. The van der Waals surface area contributed by atoms with Gasteiger partial charge in [-0.3, -0.25) is 4.21 Å². The maximum absolute atomic E-state index is 12.1. The minimum absolute atomic E-state index is 0.277. The van der Waals surface area contributed by atoms with E-state index in [4.69, 9.17) is 0 Å². The molecule has 6 nitrogen and oxygen atoms in total. The molecule has 2 aromatic rings. The first-order chi connectivity index (χ1) is 11.2. The smallest absolute Gasteiger partial charge is 0.247 e. The van der Waals surface area contributed by atoms with Gasteiger partial charge in [0.25, 0.3) is 0 Å². The third-order valence-corrected chi connectivity index (χ3v) is 6.10. The predicted octanol–water partition coefficient (Wildman–Crippen LogP) is 2.46. The van der Waals surface area contributed by atoms with E-state index in [2.05, 4.69) is 27.8 Å². The number of tetrazole rings is 1. The Bertz CT molecular complexity index is 669. The van der Waals surface area contributed by atoms with Crippen LogP contribution in [-0.4, -0.2) is 41.5 Å². The first-order valence-electron chi connectivity index (χ1n) is 8.16. The van der Waals surface area contributed by atoms with Crippen LogP contribution in [0.2, 0.25) is 0 Å². The molecule has 0 radical (unpaired) electrons. The summed E-state index contributed by atoms with van der Waals surface area (Å²) in [7, 11) is -0.725. The Morgan fingerprint density at radius 2 is 2.09 bits per heavy atom. The molecule has 1 N–H and O–H groups in total. The number of nitrogens with one attached hydrogen (secondary N) is 1. The summed E-state index contributed by atoms with van der Waals surface area (Å²) in [4.78, 5) is 0. The average Bonchev–Trinajstić information content (AvgIpc) is 3.03. The van der Waals surface area contributed by atoms with E-state index < -0.39 is 10.8 Å². The van der Waals surface area contributed by atoms with Gasteiger partial charge in [-0.1, -0.05) is 36.1 Å². The summed E-state index contributed by atoms with van der Waals surface area (Å²) in [6.45, 7) is 4.05. The van der Waals surface area contributed by atoms with Gasteiger partial charge in [0, 0.05) is 27.8 Å². The largest absolute Gasteiger partial charge is 0.350 e. The molecule has 1 aromatic carbocycles. The molecule has 7 heteroatoms. The maximum atomic E-state index is 12.1. The van der Waals surface area contributed by atoms with Crippen LogP contribution < -0.4 is 5.32 Å². The summed E-state index contributed by atoms with van der Waals surface area (Å²) in [6, 6.07) is 8.38. The van der Waals surface area contributed by atoms with Gasteiger partial charge >= 0.3 is 0 Å². The van der Waals surface area contributed by atoms with Crippen LogP contribution in [0, 0.1) is 6.92 Å². The Balaban J connectivity index is 1.72. The minimum atomic E-state index is -0.725. The number of nitrogens with zero attached hydrogens (tertiary/aromatic N) is 4. The van der Waals surface area contributed by atoms with Gasteiger partial charge in [0.05, 0.1) is 5.69 Å². The highest BCUT2D eigenvalue weighted by atomic mass is 32.2. The second-order valence-electron chi connectivity index (χ2n) is 6.05. The van der Waals surface area contributed by atoms with E-state index in [0.29, 0.717) is 5.95 Å². The Morgan fingerprint density at radius 1 is 1.30 bits per heavy atom. The highest BCUT2D eigenvalue weighted by Crippen LogP contribution is 2.25. The van der Waals surface area contributed by atoms with Crippen molar-refractivity contribution in [1.82, 2.24) is 20.2 Å². The van der Waals surface area contributed by atoms with Crippen LogP contribution in [0.4, 0.5) is 5.95 Å². The van der Waals surface area contributed by atoms with Crippen molar-refractivity contribution < 1.29 is 4.21 Å². The summed E-state index contributed by atoms with van der Waals surface area (Å²) in [5, 5.41) is 15.7. The Hall–Kier alpha value is -1.76. The number of hydrogen-bond donors (Lipinski definition) is 1. The van der Waals surface area contributed by atoms with Crippen LogP contribution in [0.1, 0.15) is 38.2 Å². The van der Waals surface area contributed by atoms with E-state index in [1.807, 2.05) is 31.2 Å². The van der Waals surface area contributed by atoms with Crippen molar-refractivity contribution in [3.63, 3.8) is 0 Å². The van der Waals surface area contributed by atoms with Crippen molar-refractivity contribution >= 4 is 16.7 Å². The molecule has 0 amide bonds. The summed E-state index contributed by atoms with van der Waals surface area (Å²) in [6.07, 6.45) is 4.14. The molecule has 1 fully saturated rings. The number of hydrogen-bond acceptors (Lipinski definition) is 5. The molecule has 1 saturated carbocycles. The summed E-state index contributed by atoms with van der Waals surface area (Å²) < 4.78 is 13.8. The van der Waals surface area contributed by atoms with E-state index in [1.165, 1.54) is 5.56 Å². The molecule has 0 aliphatic heterocycles. The highest BCUT2D eigenvalue weighted by Gasteiger charge is 2.26. The molecule has 23 heavy (non-hydrogen) atoms. The van der Waals surface area contributed by atoms with E-state index in [0.717, 1.165) is 37.1 Å². The monoisotopic (exact) mass is 333 g/mol. The van der Waals surface area contributed by atoms with Crippen LogP contribution in [0.5, 0.6) is 0 Å². The predicted molar refractivity (Wildman–Crippen MR) is 92.2 cm³/mol. The van der Waals surface area contributed by atoms with E-state index in [-0.39, 0.29) is 11.3 Å². The lowest BCUT2D eigenvalue weighted by molar-refractivity contribution is 0.462. The molecule has 124 valence electrons. The standard InChI is InChI=1S/C16H23N5OS/c1-3-23(22)15-6-4-5-13(11-15)17-16-18-19-20-21(16)14-9-7-12(2)8-10-14/h7-10,13,15H,3-6,11H2,1-2H3,(H,17,18,20). The normalized spacial score (nSPS) is 22.7. The highest BCUT2D eigenvalue weighted by molar-refractivity contribution is 7.85. The molecular formula is C16H23N5OS. The average molecular weight is 333 g/mol. The molecule has 0 spiro atoms. The van der Waals surface area contributed by atoms with Gasteiger partial charge < -0.3 is 5.32 Å². The second kappa shape index (κ2) is 7.21. The molecule has 0 saturated heterocycles. The van der Waals surface area contributed by atoms with Crippen molar-refractivity contribution in [3.05, 3.63) is 29.8 Å². The van der Waals surface area contributed by atoms with Crippen LogP contribution in [0.25, 0.3) is 5.69 Å². The molecule has 3 unspecified atom stereocenters. The minimum Gasteiger partial charge on any atom is -0.350 e. The fraction of sp³-hybridized carbons (Fsp3) is 0.562. The zero-order valence-corrected chi connectivity index (χ0v) is 14.4. The third-order valence-electron chi connectivity index (χ3n) is 4.36. The Morgan fingerprint density at radius 3 is 2.83 bits per heavy atom. The number of aromatic nitrogens is 4. The van der Waals surface area contributed by atoms with Crippen molar-refractivity contribution in [1.29, 1.82) is 0 Å². The number of anilines is 1. The number of benzene rings is 1. The van der Waals surface area contributed by atoms with Crippen LogP contribution in [0.3, 0.4) is 0 Å². The molecule has 3 atom stereocenters. The topological polar surface area (TPSA) is 72.7 Å². The molecule has 1 aliphatic rings. The second-order valence-corrected chi connectivity index (χ2v) is 8.05. The van der Waals surface area contributed by atoms with Gasteiger partial charge in [-0.25, -0.2) is 0 Å². The zero-order chi connectivity index (χ0) is 16.2. The van der Waals surface area contributed by atoms with Gasteiger partial charge in [0.1, 0.15) is 0 Å². The third kappa shape index (κ3) is 3.77. The lowest BCUT2D eigenvalue weighted by Gasteiger charge is -2.29. The Kier molecular flexibility index (Phi) is 5.05. The fourth-order valence-electron chi connectivity index (χ4n) is 3.07. The van der Waals surface area contributed by atoms with E-state index >= 15 is 0 Å². The first-order valence-corrected chi connectivity index (χ1v) is 9.54. The van der Waals surface area contributed by atoms with Gasteiger partial charge in [0.15, 0.2) is 0 Å². The first kappa shape index (κ1) is 16.1. The summed E-state index contributed by atoms with van der Waals surface area (Å²) in [5.74, 6) is 1.39. The van der Waals surface area contributed by atoms with Gasteiger partial charge in [0.2, 0.25) is 5.95 Å². The summed E-state index contributed by atoms with van der Waals surface area (Å²) >= 11 is 0. The quantitative estimate of drug-likeness (QED) is 0.910. The van der Waals surface area contributed by atoms with Crippen molar-refractivity contribution in [3.8, 4) is 5.69 Å². The van der Waals surface area contributed by atoms with Crippen molar-refractivity contribution in [2.24, 2.45) is 0 Å².